The fourth-order valence-electron chi connectivity index (χ4n) is 4.51. The predicted octanol–water partition coefficient (Wildman–Crippen LogP) is 5.16. The first-order valence-electron chi connectivity index (χ1n) is 11.6. The van der Waals surface area contributed by atoms with Gasteiger partial charge in [0.05, 0.1) is 17.9 Å². The van der Waals surface area contributed by atoms with Gasteiger partial charge in [-0.15, -0.1) is 0 Å². The molecule has 1 aliphatic carbocycles. The van der Waals surface area contributed by atoms with Gasteiger partial charge in [0.15, 0.2) is 5.82 Å². The number of oxazole rings is 1. The highest BCUT2D eigenvalue weighted by Gasteiger charge is 2.29. The molecule has 5 rings (SSSR count). The quantitative estimate of drug-likeness (QED) is 0.448. The van der Waals surface area contributed by atoms with Crippen molar-refractivity contribution in [1.29, 1.82) is 0 Å². The maximum absolute atomic E-state index is 12.4. The summed E-state index contributed by atoms with van der Waals surface area (Å²) in [5, 5.41) is 3.06. The van der Waals surface area contributed by atoms with Crippen molar-refractivity contribution in [1.82, 2.24) is 29.8 Å². The summed E-state index contributed by atoms with van der Waals surface area (Å²) >= 11 is 0. The Balaban J connectivity index is 1.52. The Bertz CT molecular complexity index is 1280. The van der Waals surface area contributed by atoms with Crippen LogP contribution in [-0.4, -0.2) is 42.2 Å². The van der Waals surface area contributed by atoms with Gasteiger partial charge in [0.1, 0.15) is 28.8 Å². The molecule has 9 nitrogen and oxygen atoms in total. The minimum absolute atomic E-state index is 0.00989. The molecule has 0 aromatic carbocycles. The molecule has 34 heavy (non-hydrogen) atoms. The first-order chi connectivity index (χ1) is 16.4. The van der Waals surface area contributed by atoms with Crippen molar-refractivity contribution >= 4 is 17.1 Å². The van der Waals surface area contributed by atoms with Crippen LogP contribution in [0, 0.1) is 0 Å². The summed E-state index contributed by atoms with van der Waals surface area (Å²) in [7, 11) is 0. The van der Waals surface area contributed by atoms with Crippen LogP contribution in [0.4, 0.5) is 4.79 Å². The Hall–Kier alpha value is -3.75. The second-order valence-corrected chi connectivity index (χ2v) is 9.58. The van der Waals surface area contributed by atoms with Gasteiger partial charge in [-0.05, 0) is 64.7 Å². The van der Waals surface area contributed by atoms with Crippen LogP contribution in [0.2, 0.25) is 0 Å². The molecule has 0 unspecified atom stereocenters. The molecule has 1 saturated carbocycles. The number of hydrogen-bond acceptors (Lipinski definition) is 7. The number of pyridine rings is 2. The number of carbonyl (C=O) groups excluding carboxylic acids is 1. The van der Waals surface area contributed by atoms with Crippen molar-refractivity contribution in [2.45, 2.75) is 64.1 Å². The number of nitrogens with zero attached hydrogens (tertiary/aromatic N) is 5. The van der Waals surface area contributed by atoms with Gasteiger partial charge in [-0.2, -0.15) is 0 Å². The topological polar surface area (TPSA) is 108 Å². The van der Waals surface area contributed by atoms with Crippen molar-refractivity contribution in [3.63, 3.8) is 0 Å². The molecule has 1 N–H and O–H groups in total. The van der Waals surface area contributed by atoms with Crippen molar-refractivity contribution in [3.8, 4) is 23.1 Å². The maximum atomic E-state index is 12.4. The molecule has 0 spiro atoms. The van der Waals surface area contributed by atoms with Gasteiger partial charge < -0.3 is 19.0 Å². The highest BCUT2D eigenvalue weighted by molar-refractivity contribution is 5.82. The summed E-state index contributed by atoms with van der Waals surface area (Å²) in [5.74, 6) is 1.24. The zero-order valence-corrected chi connectivity index (χ0v) is 19.6. The average molecular weight is 461 g/mol. The van der Waals surface area contributed by atoms with Gasteiger partial charge in [0, 0.05) is 18.3 Å². The van der Waals surface area contributed by atoms with E-state index >= 15 is 0 Å². The number of nitrogens with one attached hydrogen (secondary N) is 1. The number of ether oxygens (including phenoxy) is 1. The lowest BCUT2D eigenvalue weighted by Gasteiger charge is -2.32. The summed E-state index contributed by atoms with van der Waals surface area (Å²) in [5.41, 5.74) is 2.61. The summed E-state index contributed by atoms with van der Waals surface area (Å²) in [4.78, 5) is 30.6. The van der Waals surface area contributed by atoms with E-state index < -0.39 is 5.60 Å². The Morgan fingerprint density at radius 3 is 2.76 bits per heavy atom. The summed E-state index contributed by atoms with van der Waals surface area (Å²) in [6.07, 6.45) is 9.89. The molecule has 4 heterocycles. The number of imidazole rings is 1. The number of rotatable bonds is 4. The minimum atomic E-state index is -0.534. The average Bonchev–Trinajstić information content (AvgIpc) is 3.46. The molecule has 1 fully saturated rings. The minimum Gasteiger partial charge on any atom is -0.444 e. The number of hydrogen-bond donors (Lipinski definition) is 1. The summed E-state index contributed by atoms with van der Waals surface area (Å²) in [6.45, 7) is 5.60. The zero-order chi connectivity index (χ0) is 23.7. The van der Waals surface area contributed by atoms with E-state index in [9.17, 15) is 4.79 Å². The molecule has 0 bridgehead atoms. The van der Waals surface area contributed by atoms with Crippen LogP contribution in [0.3, 0.4) is 0 Å². The van der Waals surface area contributed by atoms with Crippen molar-refractivity contribution in [2.75, 3.05) is 0 Å². The fraction of sp³-hybridized carbons (Fsp3) is 0.400. The third-order valence-corrected chi connectivity index (χ3v) is 5.85. The van der Waals surface area contributed by atoms with E-state index in [1.807, 2.05) is 45.0 Å². The van der Waals surface area contributed by atoms with Crippen LogP contribution in [0.5, 0.6) is 0 Å². The lowest BCUT2D eigenvalue weighted by molar-refractivity contribution is 0.0486. The molecule has 0 saturated heterocycles. The molecular weight excluding hydrogens is 432 g/mol. The van der Waals surface area contributed by atoms with Gasteiger partial charge in [-0.1, -0.05) is 6.07 Å². The molecule has 4 aromatic heterocycles. The van der Waals surface area contributed by atoms with Gasteiger partial charge in [0.25, 0.3) is 0 Å². The van der Waals surface area contributed by atoms with Crippen molar-refractivity contribution < 1.29 is 13.9 Å². The highest BCUT2D eigenvalue weighted by Crippen LogP contribution is 2.36. The standard InChI is InChI=1S/C25H28N6O3/c1-25(2,3)34-24(32)29-16-7-6-8-17(13-16)31-21-14-19(23-27-11-12-33-23)28-15-20(21)30-22(31)18-9-4-5-10-26-18/h4-5,9-12,14-17H,6-8,13H2,1-3H3,(H,29,32)/t16-,17+/m0/s1. The van der Waals surface area contributed by atoms with Gasteiger partial charge in [-0.3, -0.25) is 4.98 Å². The van der Waals surface area contributed by atoms with Crippen LogP contribution >= 0.6 is 0 Å². The highest BCUT2D eigenvalue weighted by atomic mass is 16.6. The van der Waals surface area contributed by atoms with Crippen molar-refractivity contribution in [2.24, 2.45) is 0 Å². The largest absolute Gasteiger partial charge is 0.444 e. The van der Waals surface area contributed by atoms with Gasteiger partial charge in [-0.25, -0.2) is 19.7 Å². The van der Waals surface area contributed by atoms with Gasteiger partial charge >= 0.3 is 6.09 Å². The van der Waals surface area contributed by atoms with Gasteiger partial charge in [0.2, 0.25) is 5.89 Å². The lowest BCUT2D eigenvalue weighted by atomic mass is 9.90. The van der Waals surface area contributed by atoms with Crippen LogP contribution in [0.1, 0.15) is 52.5 Å². The second-order valence-electron chi connectivity index (χ2n) is 9.58. The Morgan fingerprint density at radius 1 is 1.15 bits per heavy atom. The van der Waals surface area contributed by atoms with E-state index in [0.717, 1.165) is 48.2 Å². The number of fused-ring (bicyclic) bond motifs is 1. The van der Waals surface area contributed by atoms with E-state index in [1.165, 1.54) is 6.26 Å². The molecule has 1 aliphatic rings. The number of alkyl carbamates (subject to hydrolysis) is 1. The van der Waals surface area contributed by atoms with E-state index in [4.69, 9.17) is 14.1 Å². The number of amides is 1. The Kier molecular flexibility index (Phi) is 5.77. The first kappa shape index (κ1) is 22.1. The molecular formula is C25H28N6O3. The molecule has 9 heteroatoms. The molecule has 2 atom stereocenters. The van der Waals surface area contributed by atoms with Crippen LogP contribution in [0.15, 0.2) is 53.5 Å². The Morgan fingerprint density at radius 2 is 2.03 bits per heavy atom. The maximum Gasteiger partial charge on any atom is 0.407 e. The molecule has 0 radical (unpaired) electrons. The zero-order valence-electron chi connectivity index (χ0n) is 19.6. The van der Waals surface area contributed by atoms with Crippen LogP contribution in [0.25, 0.3) is 34.1 Å². The second kappa shape index (κ2) is 8.89. The van der Waals surface area contributed by atoms with Crippen molar-refractivity contribution in [3.05, 3.63) is 49.1 Å². The van der Waals surface area contributed by atoms with E-state index in [2.05, 4.69) is 24.8 Å². The summed E-state index contributed by atoms with van der Waals surface area (Å²) in [6, 6.07) is 7.90. The number of aromatic nitrogens is 5. The van der Waals surface area contributed by atoms with Crippen LogP contribution in [-0.2, 0) is 4.74 Å². The lowest BCUT2D eigenvalue weighted by Crippen LogP contribution is -2.41. The molecule has 4 aromatic rings. The molecule has 0 aliphatic heterocycles. The third-order valence-electron chi connectivity index (χ3n) is 5.85. The Labute approximate surface area is 197 Å². The predicted molar refractivity (Wildman–Crippen MR) is 127 cm³/mol. The van der Waals surface area contributed by atoms with E-state index in [1.54, 1.807) is 18.6 Å². The molecule has 1 amide bonds. The fourth-order valence-corrected chi connectivity index (χ4v) is 4.51. The molecule has 176 valence electrons. The number of carbonyl (C=O) groups is 1. The summed E-state index contributed by atoms with van der Waals surface area (Å²) < 4.78 is 13.2. The van der Waals surface area contributed by atoms with E-state index in [0.29, 0.717) is 11.6 Å². The first-order valence-corrected chi connectivity index (χ1v) is 11.6. The normalized spacial score (nSPS) is 18.7. The SMILES string of the molecule is CC(C)(C)OC(=O)N[C@H]1CCC[C@@H](n2c(-c3ccccn3)nc3cnc(-c4ncco4)cc32)C1. The van der Waals surface area contributed by atoms with Crippen LogP contribution < -0.4 is 5.32 Å². The smallest absolute Gasteiger partial charge is 0.407 e. The monoisotopic (exact) mass is 460 g/mol. The van der Waals surface area contributed by atoms with E-state index in [-0.39, 0.29) is 18.2 Å². The third kappa shape index (κ3) is 4.64.